The zero-order valence-corrected chi connectivity index (χ0v) is 13.2. The Hall–Kier alpha value is -1.40. The number of piperidine rings is 1. The molecule has 2 fully saturated rings. The van der Waals surface area contributed by atoms with Crippen LogP contribution in [0.15, 0.2) is 18.7 Å². The van der Waals surface area contributed by atoms with Gasteiger partial charge in [0, 0.05) is 44.6 Å². The second kappa shape index (κ2) is 7.74. The number of ether oxygens (including phenoxy) is 1. The summed E-state index contributed by atoms with van der Waals surface area (Å²) in [5.74, 6) is 0.227. The van der Waals surface area contributed by atoms with E-state index in [-0.39, 0.29) is 5.91 Å². The van der Waals surface area contributed by atoms with Crippen LogP contribution in [0.2, 0.25) is 0 Å². The van der Waals surface area contributed by atoms with Crippen LogP contribution in [0.1, 0.15) is 25.7 Å². The zero-order valence-electron chi connectivity index (χ0n) is 13.2. The lowest BCUT2D eigenvalue weighted by molar-refractivity contribution is -0.135. The summed E-state index contributed by atoms with van der Waals surface area (Å²) in [5.41, 5.74) is 0. The maximum atomic E-state index is 12.6. The van der Waals surface area contributed by atoms with Gasteiger partial charge >= 0.3 is 0 Å². The van der Waals surface area contributed by atoms with Gasteiger partial charge in [-0.2, -0.15) is 0 Å². The lowest BCUT2D eigenvalue weighted by Gasteiger charge is -2.37. The Morgan fingerprint density at radius 2 is 2.09 bits per heavy atom. The lowest BCUT2D eigenvalue weighted by Crippen LogP contribution is -2.47. The van der Waals surface area contributed by atoms with Crippen molar-refractivity contribution < 1.29 is 9.53 Å². The van der Waals surface area contributed by atoms with E-state index in [2.05, 4.69) is 14.8 Å². The number of amides is 1. The first-order chi connectivity index (χ1) is 10.8. The highest BCUT2D eigenvalue weighted by atomic mass is 16.5. The second-order valence-corrected chi connectivity index (χ2v) is 6.21. The van der Waals surface area contributed by atoms with Crippen molar-refractivity contribution in [3.05, 3.63) is 18.7 Å². The maximum Gasteiger partial charge on any atom is 0.242 e. The van der Waals surface area contributed by atoms with Gasteiger partial charge < -0.3 is 14.2 Å². The molecule has 0 N–H and O–H groups in total. The maximum absolute atomic E-state index is 12.6. The number of aromatic nitrogens is 2. The monoisotopic (exact) mass is 306 g/mol. The summed E-state index contributed by atoms with van der Waals surface area (Å²) < 4.78 is 7.25. The van der Waals surface area contributed by atoms with E-state index in [1.165, 1.54) is 6.42 Å². The molecule has 0 bridgehead atoms. The van der Waals surface area contributed by atoms with Crippen LogP contribution in [-0.2, 0) is 16.1 Å². The SMILES string of the molecule is O=C(Cn1ccnc1)N1CCCCC1CCN1CCOCC1. The van der Waals surface area contributed by atoms with E-state index >= 15 is 0 Å². The predicted molar refractivity (Wildman–Crippen MR) is 83.5 cm³/mol. The minimum absolute atomic E-state index is 0.227. The van der Waals surface area contributed by atoms with E-state index in [1.807, 2.05) is 10.8 Å². The number of hydrogen-bond acceptors (Lipinski definition) is 4. The van der Waals surface area contributed by atoms with Crippen LogP contribution in [0.5, 0.6) is 0 Å². The van der Waals surface area contributed by atoms with Crippen LogP contribution in [-0.4, -0.2) is 70.7 Å². The largest absolute Gasteiger partial charge is 0.379 e. The van der Waals surface area contributed by atoms with Crippen LogP contribution >= 0.6 is 0 Å². The molecule has 6 heteroatoms. The van der Waals surface area contributed by atoms with Crippen LogP contribution < -0.4 is 0 Å². The molecule has 0 spiro atoms. The number of hydrogen-bond donors (Lipinski definition) is 0. The average molecular weight is 306 g/mol. The highest BCUT2D eigenvalue weighted by molar-refractivity contribution is 5.76. The highest BCUT2D eigenvalue weighted by Crippen LogP contribution is 2.21. The summed E-state index contributed by atoms with van der Waals surface area (Å²) >= 11 is 0. The molecule has 1 unspecified atom stereocenters. The van der Waals surface area contributed by atoms with Crippen LogP contribution in [0, 0.1) is 0 Å². The molecule has 0 radical (unpaired) electrons. The van der Waals surface area contributed by atoms with Gasteiger partial charge in [0.15, 0.2) is 0 Å². The van der Waals surface area contributed by atoms with E-state index in [0.717, 1.165) is 58.7 Å². The molecule has 2 aliphatic rings. The number of likely N-dealkylation sites (tertiary alicyclic amines) is 1. The molecule has 0 aromatic carbocycles. The number of carbonyl (C=O) groups excluding carboxylic acids is 1. The first-order valence-corrected chi connectivity index (χ1v) is 8.38. The fraction of sp³-hybridized carbons (Fsp3) is 0.750. The Labute approximate surface area is 132 Å². The van der Waals surface area contributed by atoms with Crippen LogP contribution in [0.3, 0.4) is 0 Å². The molecule has 1 aromatic rings. The molecule has 2 aliphatic heterocycles. The Morgan fingerprint density at radius 3 is 2.86 bits per heavy atom. The van der Waals surface area contributed by atoms with Crippen molar-refractivity contribution in [2.45, 2.75) is 38.3 Å². The number of rotatable bonds is 5. The molecule has 2 saturated heterocycles. The van der Waals surface area contributed by atoms with Crippen molar-refractivity contribution in [2.24, 2.45) is 0 Å². The van der Waals surface area contributed by atoms with Crippen LogP contribution in [0.4, 0.5) is 0 Å². The number of imidazole rings is 1. The van der Waals surface area contributed by atoms with Gasteiger partial charge in [-0.05, 0) is 25.7 Å². The van der Waals surface area contributed by atoms with Gasteiger partial charge in [0.1, 0.15) is 6.54 Å². The molecule has 1 amide bonds. The van der Waals surface area contributed by atoms with E-state index in [4.69, 9.17) is 4.74 Å². The molecule has 3 rings (SSSR count). The van der Waals surface area contributed by atoms with Crippen molar-refractivity contribution in [1.29, 1.82) is 0 Å². The van der Waals surface area contributed by atoms with Crippen molar-refractivity contribution in [1.82, 2.24) is 19.4 Å². The molecule has 122 valence electrons. The fourth-order valence-electron chi connectivity index (χ4n) is 3.41. The van der Waals surface area contributed by atoms with Gasteiger partial charge in [-0.25, -0.2) is 4.98 Å². The Bertz CT molecular complexity index is 457. The summed E-state index contributed by atoms with van der Waals surface area (Å²) in [6.45, 7) is 6.12. The minimum Gasteiger partial charge on any atom is -0.379 e. The van der Waals surface area contributed by atoms with E-state index in [0.29, 0.717) is 12.6 Å². The normalized spacial score (nSPS) is 23.6. The zero-order chi connectivity index (χ0) is 15.2. The Balaban J connectivity index is 1.52. The molecule has 0 aliphatic carbocycles. The first kappa shape index (κ1) is 15.5. The van der Waals surface area contributed by atoms with Gasteiger partial charge in [-0.15, -0.1) is 0 Å². The van der Waals surface area contributed by atoms with Crippen LogP contribution in [0.25, 0.3) is 0 Å². The third-order valence-electron chi connectivity index (χ3n) is 4.71. The van der Waals surface area contributed by atoms with Gasteiger partial charge in [0.05, 0.1) is 19.5 Å². The van der Waals surface area contributed by atoms with Crippen molar-refractivity contribution in [3.8, 4) is 0 Å². The second-order valence-electron chi connectivity index (χ2n) is 6.21. The predicted octanol–water partition coefficient (Wildman–Crippen LogP) is 0.987. The third-order valence-corrected chi connectivity index (χ3v) is 4.71. The number of nitrogens with zero attached hydrogens (tertiary/aromatic N) is 4. The minimum atomic E-state index is 0.227. The molecule has 1 aromatic heterocycles. The number of morpholine rings is 1. The summed E-state index contributed by atoms with van der Waals surface area (Å²) in [6.07, 6.45) is 9.87. The molecular weight excluding hydrogens is 280 g/mol. The van der Waals surface area contributed by atoms with E-state index in [9.17, 15) is 4.79 Å². The molecule has 0 saturated carbocycles. The van der Waals surface area contributed by atoms with Crippen molar-refractivity contribution in [2.75, 3.05) is 39.4 Å². The van der Waals surface area contributed by atoms with Gasteiger partial charge in [-0.1, -0.05) is 0 Å². The summed E-state index contributed by atoms with van der Waals surface area (Å²) in [4.78, 5) is 21.1. The fourth-order valence-corrected chi connectivity index (χ4v) is 3.41. The molecule has 22 heavy (non-hydrogen) atoms. The van der Waals surface area contributed by atoms with E-state index in [1.54, 1.807) is 12.5 Å². The lowest BCUT2D eigenvalue weighted by atomic mass is 9.99. The average Bonchev–Trinajstić information content (AvgIpc) is 3.07. The quantitative estimate of drug-likeness (QED) is 0.814. The Kier molecular flexibility index (Phi) is 5.45. The Morgan fingerprint density at radius 1 is 1.23 bits per heavy atom. The van der Waals surface area contributed by atoms with Gasteiger partial charge in [-0.3, -0.25) is 9.69 Å². The van der Waals surface area contributed by atoms with Gasteiger partial charge in [0.25, 0.3) is 0 Å². The van der Waals surface area contributed by atoms with E-state index < -0.39 is 0 Å². The highest BCUT2D eigenvalue weighted by Gasteiger charge is 2.27. The standard InChI is InChI=1S/C16H26N4O2/c21-16(13-19-8-5-17-14-19)20-6-2-1-3-15(20)4-7-18-9-11-22-12-10-18/h5,8,14-15H,1-4,6-7,9-13H2. The molecular formula is C16H26N4O2. The molecule has 1 atom stereocenters. The molecule has 6 nitrogen and oxygen atoms in total. The third kappa shape index (κ3) is 4.08. The number of carbonyl (C=O) groups is 1. The molecule has 3 heterocycles. The first-order valence-electron chi connectivity index (χ1n) is 8.38. The van der Waals surface area contributed by atoms with Gasteiger partial charge in [0.2, 0.25) is 5.91 Å². The summed E-state index contributed by atoms with van der Waals surface area (Å²) in [6, 6.07) is 0.396. The van der Waals surface area contributed by atoms with Crippen molar-refractivity contribution >= 4 is 5.91 Å². The summed E-state index contributed by atoms with van der Waals surface area (Å²) in [7, 11) is 0. The smallest absolute Gasteiger partial charge is 0.242 e. The van der Waals surface area contributed by atoms with Crippen molar-refractivity contribution in [3.63, 3.8) is 0 Å². The summed E-state index contributed by atoms with van der Waals surface area (Å²) in [5, 5.41) is 0. The topological polar surface area (TPSA) is 50.6 Å².